The van der Waals surface area contributed by atoms with Crippen molar-refractivity contribution in [2.24, 2.45) is 0 Å². The zero-order valence-electron chi connectivity index (χ0n) is 19.0. The topological polar surface area (TPSA) is 74.0 Å². The molecule has 2 aromatic carbocycles. The van der Waals surface area contributed by atoms with Crippen molar-refractivity contribution in [2.75, 3.05) is 0 Å². The molecule has 0 bridgehead atoms. The van der Waals surface area contributed by atoms with Gasteiger partial charge in [0.25, 0.3) is 0 Å². The maximum absolute atomic E-state index is 10.7. The summed E-state index contributed by atoms with van der Waals surface area (Å²) >= 11 is 0. The van der Waals surface area contributed by atoms with Crippen molar-refractivity contribution in [3.05, 3.63) is 101 Å². The monoisotopic (exact) mass is 510 g/mol. The molecule has 2 aromatic heterocycles. The fourth-order valence-electron chi connectivity index (χ4n) is 4.91. The predicted octanol–water partition coefficient (Wildman–Crippen LogP) is 4.94. The van der Waals surface area contributed by atoms with Crippen molar-refractivity contribution in [2.45, 2.75) is 31.2 Å². The first-order valence-electron chi connectivity index (χ1n) is 11.4. The molecule has 2 aliphatic rings. The van der Waals surface area contributed by atoms with Crippen LogP contribution in [0, 0.1) is 0 Å². The molecule has 9 heteroatoms. The average molecular weight is 511 g/mol. The Morgan fingerprint density at radius 3 is 1.61 bits per heavy atom. The van der Waals surface area contributed by atoms with Gasteiger partial charge in [0.1, 0.15) is 17.6 Å². The number of alkyl halides is 3. The normalized spacial score (nSPS) is 13.9. The summed E-state index contributed by atoms with van der Waals surface area (Å²) in [5.74, 6) is 1.00. The molecular formula is C27H21F3N2O3S. The number of benzene rings is 2. The highest BCUT2D eigenvalue weighted by atomic mass is 32.2. The number of pyridine rings is 2. The Morgan fingerprint density at radius 1 is 0.722 bits per heavy atom. The standard InChI is InChI=1S/C26H21N2.CHF3O3S/c1-3-9-22-18(7-1)12-14-20-17-21-15-13-19-8-2-4-10-23(19)26(21)28(25(20)22)24-11-5-6-16-27-24;2-1(3,4)8(5,6)7/h1-11,16-17H,12-15H2;(H,5,6,7)/q+1;/p-1. The van der Waals surface area contributed by atoms with Gasteiger partial charge in [0.05, 0.1) is 0 Å². The molecule has 4 aromatic rings. The third kappa shape index (κ3) is 4.40. The van der Waals surface area contributed by atoms with Crippen LogP contribution in [0.2, 0.25) is 0 Å². The van der Waals surface area contributed by atoms with E-state index >= 15 is 0 Å². The van der Waals surface area contributed by atoms with Gasteiger partial charge in [-0.25, -0.2) is 8.42 Å². The molecule has 0 amide bonds. The lowest BCUT2D eigenvalue weighted by molar-refractivity contribution is -0.577. The van der Waals surface area contributed by atoms with E-state index in [2.05, 4.69) is 71.3 Å². The molecule has 0 radical (unpaired) electrons. The van der Waals surface area contributed by atoms with Gasteiger partial charge in [-0.15, -0.1) is 0 Å². The Balaban J connectivity index is 0.000000292. The third-order valence-corrected chi connectivity index (χ3v) is 7.01. The Morgan fingerprint density at radius 2 is 1.17 bits per heavy atom. The molecule has 2 aliphatic carbocycles. The average Bonchev–Trinajstić information content (AvgIpc) is 2.87. The van der Waals surface area contributed by atoms with E-state index in [1.54, 1.807) is 0 Å². The molecular weight excluding hydrogens is 489 g/mol. The maximum Gasteiger partial charge on any atom is 0.485 e. The van der Waals surface area contributed by atoms with Crippen LogP contribution >= 0.6 is 0 Å². The minimum absolute atomic E-state index is 1.00. The van der Waals surface area contributed by atoms with Gasteiger partial charge in [0, 0.05) is 28.3 Å². The van der Waals surface area contributed by atoms with Crippen LogP contribution < -0.4 is 4.57 Å². The number of rotatable bonds is 1. The number of fused-ring (bicyclic) bond motifs is 6. The molecule has 0 atom stereocenters. The molecule has 0 fully saturated rings. The second-order valence-corrected chi connectivity index (χ2v) is 10.0. The van der Waals surface area contributed by atoms with Crippen molar-refractivity contribution in [1.29, 1.82) is 0 Å². The lowest BCUT2D eigenvalue weighted by Gasteiger charge is -2.26. The number of aryl methyl sites for hydroxylation is 4. The van der Waals surface area contributed by atoms with Gasteiger partial charge in [-0.1, -0.05) is 54.6 Å². The largest absolute Gasteiger partial charge is 0.741 e. The fourth-order valence-corrected chi connectivity index (χ4v) is 4.91. The van der Waals surface area contributed by atoms with E-state index in [1.807, 2.05) is 12.3 Å². The van der Waals surface area contributed by atoms with E-state index in [0.717, 1.165) is 31.5 Å². The van der Waals surface area contributed by atoms with Crippen LogP contribution in [0.25, 0.3) is 28.3 Å². The molecule has 0 aliphatic heterocycles. The van der Waals surface area contributed by atoms with Gasteiger partial charge in [-0.05, 0) is 53.9 Å². The van der Waals surface area contributed by atoms with Crippen molar-refractivity contribution in [3.63, 3.8) is 0 Å². The van der Waals surface area contributed by atoms with Crippen LogP contribution in [0.5, 0.6) is 0 Å². The SMILES string of the molecule is O=S(=O)([O-])C(F)(F)F.c1ccc(-[n+]2c3c(cc4c2-c2ccccc2CC4)CCc2ccccc2-3)nc1. The van der Waals surface area contributed by atoms with Crippen molar-refractivity contribution in [3.8, 4) is 28.3 Å². The summed E-state index contributed by atoms with van der Waals surface area (Å²) in [4.78, 5) is 4.77. The summed E-state index contributed by atoms with van der Waals surface area (Å²) in [6.07, 6.45) is 6.31. The molecule has 0 saturated carbocycles. The first-order chi connectivity index (χ1) is 17.1. The highest BCUT2D eigenvalue weighted by Gasteiger charge is 2.37. The van der Waals surface area contributed by atoms with Gasteiger partial charge >= 0.3 is 11.3 Å². The van der Waals surface area contributed by atoms with Gasteiger partial charge in [-0.3, -0.25) is 0 Å². The summed E-state index contributed by atoms with van der Waals surface area (Å²) in [5.41, 5.74) is 5.44. The van der Waals surface area contributed by atoms with Gasteiger partial charge < -0.3 is 4.55 Å². The number of hydrogen-bond donors (Lipinski definition) is 0. The van der Waals surface area contributed by atoms with Crippen LogP contribution in [0.15, 0.2) is 79.0 Å². The number of halogens is 3. The number of nitrogens with zero attached hydrogens (tertiary/aromatic N) is 2. The van der Waals surface area contributed by atoms with E-state index in [-0.39, 0.29) is 0 Å². The summed E-state index contributed by atoms with van der Waals surface area (Å²) in [6.45, 7) is 0. The summed E-state index contributed by atoms with van der Waals surface area (Å²) in [6, 6.07) is 26.4. The first kappa shape index (κ1) is 24.1. The lowest BCUT2D eigenvalue weighted by atomic mass is 9.83. The Hall–Kier alpha value is -3.56. The van der Waals surface area contributed by atoms with Crippen LogP contribution in [0.4, 0.5) is 13.2 Å². The summed E-state index contributed by atoms with van der Waals surface area (Å²) < 4.78 is 61.3. The molecule has 0 unspecified atom stereocenters. The predicted molar refractivity (Wildman–Crippen MR) is 127 cm³/mol. The van der Waals surface area contributed by atoms with Gasteiger partial charge in [0.2, 0.25) is 0 Å². The molecule has 0 saturated heterocycles. The zero-order valence-corrected chi connectivity index (χ0v) is 19.8. The van der Waals surface area contributed by atoms with E-state index < -0.39 is 15.6 Å². The smallest absolute Gasteiger partial charge is 0.485 e. The maximum atomic E-state index is 10.7. The van der Waals surface area contributed by atoms with E-state index in [1.165, 1.54) is 44.8 Å². The molecule has 36 heavy (non-hydrogen) atoms. The molecule has 184 valence electrons. The highest BCUT2D eigenvalue weighted by Crippen LogP contribution is 2.38. The number of aromatic nitrogens is 2. The first-order valence-corrected chi connectivity index (χ1v) is 12.8. The minimum Gasteiger partial charge on any atom is -0.741 e. The highest BCUT2D eigenvalue weighted by molar-refractivity contribution is 7.86. The quantitative estimate of drug-likeness (QED) is 0.207. The van der Waals surface area contributed by atoms with Crippen LogP contribution in [0.1, 0.15) is 22.3 Å². The molecule has 0 spiro atoms. The molecule has 0 N–H and O–H groups in total. The minimum atomic E-state index is -6.09. The van der Waals surface area contributed by atoms with Crippen LogP contribution in [-0.4, -0.2) is 23.5 Å². The van der Waals surface area contributed by atoms with E-state index in [9.17, 15) is 13.2 Å². The Bertz CT molecular complexity index is 1480. The Labute approximate surface area is 206 Å². The lowest BCUT2D eigenvalue weighted by Crippen LogP contribution is -2.41. The zero-order chi connectivity index (χ0) is 25.5. The third-order valence-electron chi connectivity index (χ3n) is 6.44. The number of hydrogen-bond acceptors (Lipinski definition) is 4. The second-order valence-electron chi connectivity index (χ2n) is 8.63. The van der Waals surface area contributed by atoms with Crippen molar-refractivity contribution in [1.82, 2.24) is 4.98 Å². The van der Waals surface area contributed by atoms with Gasteiger partial charge in [-0.2, -0.15) is 17.7 Å². The van der Waals surface area contributed by atoms with E-state index in [4.69, 9.17) is 18.0 Å². The van der Waals surface area contributed by atoms with Gasteiger partial charge in [0.15, 0.2) is 10.1 Å². The van der Waals surface area contributed by atoms with Crippen LogP contribution in [-0.2, 0) is 35.8 Å². The van der Waals surface area contributed by atoms with Crippen molar-refractivity contribution < 1.29 is 30.7 Å². The molecule has 6 rings (SSSR count). The van der Waals surface area contributed by atoms with Crippen molar-refractivity contribution >= 4 is 10.1 Å². The molecule has 5 nitrogen and oxygen atoms in total. The van der Waals surface area contributed by atoms with E-state index in [0.29, 0.717) is 0 Å². The fraction of sp³-hybridized carbons (Fsp3) is 0.185. The van der Waals surface area contributed by atoms with Crippen LogP contribution in [0.3, 0.4) is 0 Å². The summed E-state index contributed by atoms with van der Waals surface area (Å²) in [5, 5.41) is 0. The summed E-state index contributed by atoms with van der Waals surface area (Å²) in [7, 11) is -6.09. The Kier molecular flexibility index (Phi) is 6.13. The molecule has 2 heterocycles. The second kappa shape index (κ2) is 9.15.